The first kappa shape index (κ1) is 15.6. The van der Waals surface area contributed by atoms with Crippen LogP contribution < -0.4 is 5.32 Å². The predicted octanol–water partition coefficient (Wildman–Crippen LogP) is 3.14. The van der Waals surface area contributed by atoms with Crippen molar-refractivity contribution in [3.05, 3.63) is 40.0 Å². The van der Waals surface area contributed by atoms with Crippen LogP contribution in [0.4, 0.5) is 5.69 Å². The minimum Gasteiger partial charge on any atom is -0.419 e. The molecule has 1 aliphatic heterocycles. The Kier molecular flexibility index (Phi) is 4.37. The first-order chi connectivity index (χ1) is 9.82. The number of anilines is 1. The van der Waals surface area contributed by atoms with Gasteiger partial charge in [-0.1, -0.05) is 28.9 Å². The Balaban J connectivity index is 2.16. The van der Waals surface area contributed by atoms with Crippen molar-refractivity contribution in [2.24, 2.45) is 0 Å². The van der Waals surface area contributed by atoms with E-state index >= 15 is 0 Å². The quantitative estimate of drug-likeness (QED) is 0.513. The molecule has 0 saturated carbocycles. The van der Waals surface area contributed by atoms with Gasteiger partial charge in [-0.3, -0.25) is 0 Å². The summed E-state index contributed by atoms with van der Waals surface area (Å²) in [6.45, 7) is 5.08. The fourth-order valence-electron chi connectivity index (χ4n) is 1.86. The zero-order chi connectivity index (χ0) is 15.6. The fraction of sp³-hybridized carbons (Fsp3) is 0.333. The van der Waals surface area contributed by atoms with Crippen LogP contribution in [0.3, 0.4) is 0 Å². The monoisotopic (exact) mass is 353 g/mol. The molecule has 0 aromatic heterocycles. The molecule has 0 radical (unpaired) electrons. The minimum atomic E-state index is -1.22. The lowest BCUT2D eigenvalue weighted by atomic mass is 10.1. The third-order valence-electron chi connectivity index (χ3n) is 2.93. The molecule has 5 nitrogen and oxygen atoms in total. The summed E-state index contributed by atoms with van der Waals surface area (Å²) >= 11 is 3.47. The minimum absolute atomic E-state index is 0.162. The van der Waals surface area contributed by atoms with E-state index in [1.807, 2.05) is 18.2 Å². The fourth-order valence-corrected chi connectivity index (χ4v) is 2.52. The predicted molar refractivity (Wildman–Crippen MR) is 81.5 cm³/mol. The normalized spacial score (nSPS) is 17.0. The van der Waals surface area contributed by atoms with Gasteiger partial charge < -0.3 is 14.8 Å². The lowest BCUT2D eigenvalue weighted by Gasteiger charge is -2.29. The number of benzene rings is 1. The molecule has 0 bridgehead atoms. The highest BCUT2D eigenvalue weighted by Gasteiger charge is 2.38. The van der Waals surface area contributed by atoms with E-state index in [0.717, 1.165) is 16.6 Å². The number of ether oxygens (including phenoxy) is 2. The summed E-state index contributed by atoms with van der Waals surface area (Å²) in [6.07, 6.45) is 2.21. The molecule has 6 heteroatoms. The molecule has 1 heterocycles. The Morgan fingerprint density at radius 3 is 2.38 bits per heavy atom. The molecule has 2 rings (SSSR count). The van der Waals surface area contributed by atoms with E-state index in [9.17, 15) is 9.59 Å². The maximum Gasteiger partial charge on any atom is 0.350 e. The second kappa shape index (κ2) is 5.89. The van der Waals surface area contributed by atoms with Crippen molar-refractivity contribution in [1.82, 2.24) is 0 Å². The lowest BCUT2D eigenvalue weighted by molar-refractivity contribution is -0.222. The van der Waals surface area contributed by atoms with Crippen LogP contribution in [0.2, 0.25) is 0 Å². The first-order valence-electron chi connectivity index (χ1n) is 6.54. The van der Waals surface area contributed by atoms with Gasteiger partial charge in [0.1, 0.15) is 0 Å². The Labute approximate surface area is 131 Å². The molecule has 0 aliphatic carbocycles. The van der Waals surface area contributed by atoms with Crippen molar-refractivity contribution < 1.29 is 19.1 Å². The second-order valence-electron chi connectivity index (χ2n) is 5.04. The van der Waals surface area contributed by atoms with Crippen molar-refractivity contribution >= 4 is 33.6 Å². The Morgan fingerprint density at radius 2 is 1.86 bits per heavy atom. The summed E-state index contributed by atoms with van der Waals surface area (Å²) in [4.78, 5) is 23.5. The molecule has 21 heavy (non-hydrogen) atoms. The molecular weight excluding hydrogens is 338 g/mol. The van der Waals surface area contributed by atoms with Gasteiger partial charge in [-0.05, 0) is 24.1 Å². The number of esters is 2. The van der Waals surface area contributed by atoms with E-state index in [4.69, 9.17) is 9.47 Å². The van der Waals surface area contributed by atoms with Gasteiger partial charge in [0, 0.05) is 30.2 Å². The van der Waals surface area contributed by atoms with E-state index in [-0.39, 0.29) is 5.57 Å². The number of nitrogens with one attached hydrogen (secondary N) is 1. The van der Waals surface area contributed by atoms with E-state index in [1.54, 1.807) is 0 Å². The van der Waals surface area contributed by atoms with E-state index < -0.39 is 17.7 Å². The van der Waals surface area contributed by atoms with Crippen molar-refractivity contribution in [3.8, 4) is 0 Å². The Morgan fingerprint density at radius 1 is 1.24 bits per heavy atom. The molecule has 1 saturated heterocycles. The summed E-state index contributed by atoms with van der Waals surface area (Å²) in [6, 6.07) is 5.70. The third-order valence-corrected chi connectivity index (χ3v) is 3.67. The van der Waals surface area contributed by atoms with E-state index in [1.165, 1.54) is 25.6 Å². The molecule has 0 unspecified atom stereocenters. The maximum absolute atomic E-state index is 11.8. The molecular formula is C15H16BrNO4. The van der Waals surface area contributed by atoms with Gasteiger partial charge in [0.05, 0.1) is 0 Å². The molecule has 1 aliphatic rings. The standard InChI is InChI=1S/C15H16BrNO4/c1-4-9-5-6-10(7-12(9)16)17-8-11-13(18)20-15(2,3)21-14(11)19/h5-8,17H,4H2,1-3H3. The summed E-state index contributed by atoms with van der Waals surface area (Å²) in [5.41, 5.74) is 1.76. The largest absolute Gasteiger partial charge is 0.419 e. The second-order valence-corrected chi connectivity index (χ2v) is 5.90. The number of hydrogen-bond donors (Lipinski definition) is 1. The highest BCUT2D eigenvalue weighted by atomic mass is 79.9. The van der Waals surface area contributed by atoms with E-state index in [0.29, 0.717) is 0 Å². The Bertz CT molecular complexity index is 600. The number of carbonyl (C=O) groups excluding carboxylic acids is 2. The molecule has 0 amide bonds. The maximum atomic E-state index is 11.8. The number of cyclic esters (lactones) is 2. The number of aryl methyl sites for hydroxylation is 1. The molecule has 1 N–H and O–H groups in total. The van der Waals surface area contributed by atoms with Crippen molar-refractivity contribution in [3.63, 3.8) is 0 Å². The number of rotatable bonds is 3. The van der Waals surface area contributed by atoms with Crippen molar-refractivity contribution in [2.75, 3.05) is 5.32 Å². The third kappa shape index (κ3) is 3.64. The van der Waals surface area contributed by atoms with Crippen LogP contribution in [-0.4, -0.2) is 17.7 Å². The highest BCUT2D eigenvalue weighted by molar-refractivity contribution is 9.10. The van der Waals surface area contributed by atoms with E-state index in [2.05, 4.69) is 28.2 Å². The molecule has 1 aromatic carbocycles. The number of halogens is 1. The van der Waals surface area contributed by atoms with Crippen LogP contribution in [0.5, 0.6) is 0 Å². The SMILES string of the molecule is CCc1ccc(NC=C2C(=O)OC(C)(C)OC2=O)cc1Br. The molecule has 0 atom stereocenters. The average Bonchev–Trinajstić information content (AvgIpc) is 2.36. The lowest BCUT2D eigenvalue weighted by Crippen LogP contribution is -2.42. The topological polar surface area (TPSA) is 64.6 Å². The van der Waals surface area contributed by atoms with Gasteiger partial charge in [0.2, 0.25) is 0 Å². The van der Waals surface area contributed by atoms with Gasteiger partial charge in [-0.15, -0.1) is 0 Å². The molecule has 1 fully saturated rings. The zero-order valence-electron chi connectivity index (χ0n) is 12.0. The van der Waals surface area contributed by atoms with Gasteiger partial charge >= 0.3 is 11.9 Å². The highest BCUT2D eigenvalue weighted by Crippen LogP contribution is 2.24. The van der Waals surface area contributed by atoms with Crippen LogP contribution in [0.15, 0.2) is 34.4 Å². The van der Waals surface area contributed by atoms with Crippen LogP contribution in [0, 0.1) is 0 Å². The number of hydrogen-bond acceptors (Lipinski definition) is 5. The summed E-state index contributed by atoms with van der Waals surface area (Å²) in [5, 5.41) is 2.90. The van der Waals surface area contributed by atoms with Crippen LogP contribution in [0.1, 0.15) is 26.3 Å². The zero-order valence-corrected chi connectivity index (χ0v) is 13.6. The summed E-state index contributed by atoms with van der Waals surface area (Å²) in [5.74, 6) is -2.63. The van der Waals surface area contributed by atoms with Crippen LogP contribution in [0.25, 0.3) is 0 Å². The van der Waals surface area contributed by atoms with Gasteiger partial charge in [-0.25, -0.2) is 9.59 Å². The van der Waals surface area contributed by atoms with Gasteiger partial charge in [-0.2, -0.15) is 0 Å². The van der Waals surface area contributed by atoms with Crippen LogP contribution in [-0.2, 0) is 25.5 Å². The average molecular weight is 354 g/mol. The summed E-state index contributed by atoms with van der Waals surface area (Å²) in [7, 11) is 0. The first-order valence-corrected chi connectivity index (χ1v) is 7.33. The molecule has 1 aromatic rings. The van der Waals surface area contributed by atoms with Crippen molar-refractivity contribution in [2.45, 2.75) is 33.0 Å². The smallest absolute Gasteiger partial charge is 0.350 e. The Hall–Kier alpha value is -1.82. The van der Waals surface area contributed by atoms with Crippen LogP contribution >= 0.6 is 15.9 Å². The molecule has 0 spiro atoms. The van der Waals surface area contributed by atoms with Gasteiger partial charge in [0.15, 0.2) is 5.57 Å². The molecule has 112 valence electrons. The number of carbonyl (C=O) groups is 2. The van der Waals surface area contributed by atoms with Crippen molar-refractivity contribution in [1.29, 1.82) is 0 Å². The summed E-state index contributed by atoms with van der Waals surface area (Å²) < 4.78 is 11.0. The van der Waals surface area contributed by atoms with Gasteiger partial charge in [0.25, 0.3) is 5.79 Å².